The van der Waals surface area contributed by atoms with Crippen molar-refractivity contribution < 1.29 is 9.84 Å². The molecule has 14 heavy (non-hydrogen) atoms. The number of aliphatic hydroxyl groups is 1. The van der Waals surface area contributed by atoms with E-state index in [1.54, 1.807) is 0 Å². The first-order valence-corrected chi connectivity index (χ1v) is 5.66. The fourth-order valence-electron chi connectivity index (χ4n) is 2.12. The Morgan fingerprint density at radius 2 is 2.14 bits per heavy atom. The molecule has 1 aliphatic rings. The Bertz CT molecular complexity index is 152. The third-order valence-corrected chi connectivity index (χ3v) is 3.17. The van der Waals surface area contributed by atoms with E-state index in [9.17, 15) is 0 Å². The summed E-state index contributed by atoms with van der Waals surface area (Å²) < 4.78 is 5.59. The lowest BCUT2D eigenvalue weighted by Gasteiger charge is -2.18. The molecule has 0 aromatic rings. The van der Waals surface area contributed by atoms with Crippen LogP contribution in [0.4, 0.5) is 0 Å². The van der Waals surface area contributed by atoms with Gasteiger partial charge >= 0.3 is 0 Å². The van der Waals surface area contributed by atoms with Gasteiger partial charge in [-0.15, -0.1) is 0 Å². The molecule has 3 heteroatoms. The van der Waals surface area contributed by atoms with Crippen LogP contribution in [0, 0.1) is 17.8 Å². The van der Waals surface area contributed by atoms with Gasteiger partial charge in [0.1, 0.15) is 0 Å². The monoisotopic (exact) mass is 201 g/mol. The summed E-state index contributed by atoms with van der Waals surface area (Å²) in [7, 11) is 0. The van der Waals surface area contributed by atoms with Crippen molar-refractivity contribution in [1.29, 1.82) is 0 Å². The zero-order valence-electron chi connectivity index (χ0n) is 9.11. The van der Waals surface area contributed by atoms with Crippen LogP contribution in [-0.2, 0) is 4.74 Å². The molecule has 0 spiro atoms. The molecule has 0 amide bonds. The number of aliphatic hydroxyl groups excluding tert-OH is 1. The summed E-state index contributed by atoms with van der Waals surface area (Å²) in [5, 5.41) is 8.82. The summed E-state index contributed by atoms with van der Waals surface area (Å²) in [5.74, 6) is 1.58. The zero-order valence-corrected chi connectivity index (χ0v) is 9.11. The molecular formula is C11H23NO2. The maximum Gasteiger partial charge on any atom is 0.0513 e. The van der Waals surface area contributed by atoms with Gasteiger partial charge in [0.25, 0.3) is 0 Å². The van der Waals surface area contributed by atoms with Gasteiger partial charge in [-0.05, 0) is 31.2 Å². The Labute approximate surface area is 86.6 Å². The van der Waals surface area contributed by atoms with E-state index in [2.05, 4.69) is 0 Å². The topological polar surface area (TPSA) is 55.5 Å². The molecule has 1 aliphatic carbocycles. The van der Waals surface area contributed by atoms with Crippen molar-refractivity contribution in [3.63, 3.8) is 0 Å². The van der Waals surface area contributed by atoms with Crippen LogP contribution in [0.25, 0.3) is 0 Å². The van der Waals surface area contributed by atoms with Crippen LogP contribution in [0.5, 0.6) is 0 Å². The fraction of sp³-hybridized carbons (Fsp3) is 1.00. The van der Waals surface area contributed by atoms with Gasteiger partial charge in [0.05, 0.1) is 6.61 Å². The third kappa shape index (κ3) is 3.56. The van der Waals surface area contributed by atoms with E-state index < -0.39 is 0 Å². The standard InChI is InChI=1S/C11H23NO2/c1-9(6-13)7-14-8-11-4-2-3-10(11)5-12/h9-11,13H,2-8,12H2,1H3. The lowest BCUT2D eigenvalue weighted by molar-refractivity contribution is 0.0494. The van der Waals surface area contributed by atoms with Gasteiger partial charge in [-0.25, -0.2) is 0 Å². The minimum atomic E-state index is 0.213. The molecule has 84 valence electrons. The highest BCUT2D eigenvalue weighted by Crippen LogP contribution is 2.30. The molecule has 0 bridgehead atoms. The third-order valence-electron chi connectivity index (χ3n) is 3.17. The highest BCUT2D eigenvalue weighted by Gasteiger charge is 2.25. The number of rotatable bonds is 6. The summed E-state index contributed by atoms with van der Waals surface area (Å²) in [6, 6.07) is 0. The molecule has 0 aromatic heterocycles. The summed E-state index contributed by atoms with van der Waals surface area (Å²) >= 11 is 0. The Hall–Kier alpha value is -0.120. The zero-order chi connectivity index (χ0) is 10.4. The van der Waals surface area contributed by atoms with Crippen molar-refractivity contribution in [3.8, 4) is 0 Å². The SMILES string of the molecule is CC(CO)COCC1CCCC1CN. The molecular weight excluding hydrogens is 178 g/mol. The number of ether oxygens (including phenoxy) is 1. The molecule has 3 atom stereocenters. The van der Waals surface area contributed by atoms with Crippen molar-refractivity contribution in [2.45, 2.75) is 26.2 Å². The van der Waals surface area contributed by atoms with Gasteiger partial charge in [-0.1, -0.05) is 13.3 Å². The highest BCUT2D eigenvalue weighted by atomic mass is 16.5. The second kappa shape index (κ2) is 6.38. The maximum absolute atomic E-state index is 8.82. The molecule has 1 saturated carbocycles. The molecule has 0 heterocycles. The Balaban J connectivity index is 2.11. The first-order valence-electron chi connectivity index (χ1n) is 5.66. The van der Waals surface area contributed by atoms with E-state index in [4.69, 9.17) is 15.6 Å². The quantitative estimate of drug-likeness (QED) is 0.674. The van der Waals surface area contributed by atoms with E-state index in [-0.39, 0.29) is 12.5 Å². The Morgan fingerprint density at radius 3 is 2.79 bits per heavy atom. The first-order chi connectivity index (χ1) is 6.77. The average molecular weight is 201 g/mol. The van der Waals surface area contributed by atoms with Crippen LogP contribution < -0.4 is 5.73 Å². The second-order valence-electron chi connectivity index (χ2n) is 4.51. The molecule has 1 fully saturated rings. The van der Waals surface area contributed by atoms with Gasteiger partial charge in [0, 0.05) is 19.1 Å². The van der Waals surface area contributed by atoms with Gasteiger partial charge < -0.3 is 15.6 Å². The summed E-state index contributed by atoms with van der Waals surface area (Å²) in [5.41, 5.74) is 5.69. The van der Waals surface area contributed by atoms with Gasteiger partial charge in [-0.3, -0.25) is 0 Å². The molecule has 0 radical (unpaired) electrons. The molecule has 0 aromatic carbocycles. The van der Waals surface area contributed by atoms with Crippen molar-refractivity contribution in [2.75, 3.05) is 26.4 Å². The lowest BCUT2D eigenvalue weighted by atomic mass is 9.97. The average Bonchev–Trinajstić information content (AvgIpc) is 2.65. The summed E-state index contributed by atoms with van der Waals surface area (Å²) in [6.45, 7) is 4.50. The minimum Gasteiger partial charge on any atom is -0.396 e. The molecule has 3 N–H and O–H groups in total. The molecule has 0 aliphatic heterocycles. The largest absolute Gasteiger partial charge is 0.396 e. The summed E-state index contributed by atoms with van der Waals surface area (Å²) in [4.78, 5) is 0. The fourth-order valence-corrected chi connectivity index (χ4v) is 2.12. The van der Waals surface area contributed by atoms with Crippen molar-refractivity contribution in [3.05, 3.63) is 0 Å². The number of nitrogens with two attached hydrogens (primary N) is 1. The Kier molecular flexibility index (Phi) is 5.45. The molecule has 1 rings (SSSR count). The number of hydrogen-bond acceptors (Lipinski definition) is 3. The van der Waals surface area contributed by atoms with Crippen LogP contribution in [0.3, 0.4) is 0 Å². The molecule has 3 unspecified atom stereocenters. The van der Waals surface area contributed by atoms with Gasteiger partial charge in [0.2, 0.25) is 0 Å². The van der Waals surface area contributed by atoms with Crippen LogP contribution in [-0.4, -0.2) is 31.5 Å². The normalized spacial score (nSPS) is 29.4. The van der Waals surface area contributed by atoms with Crippen molar-refractivity contribution in [1.82, 2.24) is 0 Å². The smallest absolute Gasteiger partial charge is 0.0513 e. The van der Waals surface area contributed by atoms with Crippen LogP contribution in [0.2, 0.25) is 0 Å². The van der Waals surface area contributed by atoms with Crippen molar-refractivity contribution in [2.24, 2.45) is 23.5 Å². The van der Waals surface area contributed by atoms with Gasteiger partial charge in [-0.2, -0.15) is 0 Å². The highest BCUT2D eigenvalue weighted by molar-refractivity contribution is 4.77. The minimum absolute atomic E-state index is 0.213. The van der Waals surface area contributed by atoms with Crippen LogP contribution in [0.1, 0.15) is 26.2 Å². The van der Waals surface area contributed by atoms with Gasteiger partial charge in [0.15, 0.2) is 0 Å². The Morgan fingerprint density at radius 1 is 1.43 bits per heavy atom. The van der Waals surface area contributed by atoms with E-state index in [1.165, 1.54) is 19.3 Å². The van der Waals surface area contributed by atoms with Crippen LogP contribution in [0.15, 0.2) is 0 Å². The van der Waals surface area contributed by atoms with E-state index >= 15 is 0 Å². The van der Waals surface area contributed by atoms with E-state index in [0.717, 1.165) is 13.2 Å². The van der Waals surface area contributed by atoms with Crippen molar-refractivity contribution >= 4 is 0 Å². The first kappa shape index (κ1) is 12.0. The van der Waals surface area contributed by atoms with E-state index in [0.29, 0.717) is 18.4 Å². The van der Waals surface area contributed by atoms with Crippen LogP contribution >= 0.6 is 0 Å². The predicted octanol–water partition coefficient (Wildman–Crippen LogP) is 1.01. The number of hydrogen-bond donors (Lipinski definition) is 2. The molecule has 0 saturated heterocycles. The predicted molar refractivity (Wildman–Crippen MR) is 57.0 cm³/mol. The van der Waals surface area contributed by atoms with E-state index in [1.807, 2.05) is 6.92 Å². The second-order valence-corrected chi connectivity index (χ2v) is 4.51. The maximum atomic E-state index is 8.82. The summed E-state index contributed by atoms with van der Waals surface area (Å²) in [6.07, 6.45) is 3.82. The molecule has 3 nitrogen and oxygen atoms in total. The lowest BCUT2D eigenvalue weighted by Crippen LogP contribution is -2.23.